The van der Waals surface area contributed by atoms with Crippen LogP contribution in [-0.4, -0.2) is 77.2 Å². The Kier molecular flexibility index (Phi) is 10.2. The van der Waals surface area contributed by atoms with Gasteiger partial charge in [-0.25, -0.2) is 4.31 Å². The normalized spacial score (nSPS) is 23.9. The average molecular weight is 762 g/mol. The highest BCUT2D eigenvalue weighted by atomic mass is 35.5. The Morgan fingerprint density at radius 3 is 2.56 bits per heavy atom. The monoisotopic (exact) mass is 760 g/mol. The van der Waals surface area contributed by atoms with Crippen LogP contribution in [0.15, 0.2) is 34.9 Å². The second-order valence-electron chi connectivity index (χ2n) is 13.3. The van der Waals surface area contributed by atoms with Gasteiger partial charge < -0.3 is 28.2 Å². The van der Waals surface area contributed by atoms with E-state index in [0.717, 1.165) is 54.8 Å². The molecule has 1 amide bonds. The van der Waals surface area contributed by atoms with Crippen LogP contribution in [0.2, 0.25) is 10.0 Å². The first-order chi connectivity index (χ1) is 24.3. The highest BCUT2D eigenvalue weighted by Gasteiger charge is 2.50. The van der Waals surface area contributed by atoms with E-state index in [0.29, 0.717) is 62.5 Å². The molecule has 15 heteroatoms. The summed E-state index contributed by atoms with van der Waals surface area (Å²) in [5.41, 5.74) is 3.25. The minimum atomic E-state index is -0.387. The molecule has 4 fully saturated rings. The molecule has 50 heavy (non-hydrogen) atoms. The zero-order valence-corrected chi connectivity index (χ0v) is 30.8. The van der Waals surface area contributed by atoms with Gasteiger partial charge >= 0.3 is 0 Å². The van der Waals surface area contributed by atoms with Crippen molar-refractivity contribution >= 4 is 62.8 Å². The van der Waals surface area contributed by atoms with E-state index in [1.807, 2.05) is 19.9 Å². The summed E-state index contributed by atoms with van der Waals surface area (Å²) in [7, 11) is 0. The van der Waals surface area contributed by atoms with Gasteiger partial charge in [0.05, 0.1) is 40.7 Å². The van der Waals surface area contributed by atoms with Crippen LogP contribution in [0.5, 0.6) is 10.9 Å². The Bertz CT molecular complexity index is 1840. The van der Waals surface area contributed by atoms with Crippen LogP contribution in [0.1, 0.15) is 73.6 Å². The van der Waals surface area contributed by atoms with Crippen LogP contribution >= 0.6 is 46.7 Å². The van der Waals surface area contributed by atoms with Crippen molar-refractivity contribution in [3.63, 3.8) is 0 Å². The molecule has 3 saturated heterocycles. The van der Waals surface area contributed by atoms with Gasteiger partial charge in [0.2, 0.25) is 0 Å². The van der Waals surface area contributed by atoms with E-state index in [2.05, 4.69) is 14.2 Å². The van der Waals surface area contributed by atoms with Crippen molar-refractivity contribution in [2.24, 2.45) is 0 Å². The van der Waals surface area contributed by atoms with Crippen molar-refractivity contribution < 1.29 is 33.0 Å². The highest BCUT2D eigenvalue weighted by Crippen LogP contribution is 2.46. The summed E-state index contributed by atoms with van der Waals surface area (Å²) >= 11 is 15.8. The van der Waals surface area contributed by atoms with Crippen LogP contribution in [-0.2, 0) is 20.8 Å². The Balaban J connectivity index is 0.948. The number of halogens is 2. The molecular weight excluding hydrogens is 723 g/mol. The summed E-state index contributed by atoms with van der Waals surface area (Å²) in [5.74, 6) is 1.49. The molecule has 0 bridgehead atoms. The lowest BCUT2D eigenvalue weighted by Crippen LogP contribution is -2.35. The lowest BCUT2D eigenvalue weighted by Gasteiger charge is -2.24. The number of rotatable bonds is 12. The summed E-state index contributed by atoms with van der Waals surface area (Å²) in [6, 6.07) is 8.97. The average Bonchev–Trinajstić information content (AvgIpc) is 3.39. The molecule has 11 nitrogen and oxygen atoms in total. The first-order valence-electron chi connectivity index (χ1n) is 17.1. The van der Waals surface area contributed by atoms with Crippen LogP contribution in [0.25, 0.3) is 21.5 Å². The predicted octanol–water partition coefficient (Wildman–Crippen LogP) is 7.83. The van der Waals surface area contributed by atoms with Crippen LogP contribution in [0.4, 0.5) is 0 Å². The SMILES string of the molecule is CC(C)Oc1cc(C(=O)NSN2CCCCC2)cc2sc(O[C@@H]3CO[C@H]4[C@@H]3OC[C@H]4OCc3c(-c4c(Cl)cccc4Cl)noc3C3CC3)nc12. The topological polar surface area (TPSA) is 117 Å². The fourth-order valence-electron chi connectivity index (χ4n) is 6.67. The number of carbonyl (C=O) groups is 1. The quantitative estimate of drug-likeness (QED) is 0.142. The molecule has 2 aromatic heterocycles. The standard InChI is InChI=1S/C35H38Cl2N4O7S2/c1-18(2)46-24-13-20(34(42)40-50-41-11-4-3-5-12-41)14-27-30(24)38-35(49-27)47-26-17-45-32-25(16-44-33(26)32)43-15-21-29(39-48-31(21)19-9-10-19)28-22(36)7-6-8-23(28)37/h6-8,13-14,18-19,25-26,32-33H,3-5,9-12,15-17H2,1-2H3,(H,40,42)/t25-,26-,32-,33-/m1/s1. The van der Waals surface area contributed by atoms with Gasteiger partial charge in [0.1, 0.15) is 41.0 Å². The van der Waals surface area contributed by atoms with E-state index in [1.54, 1.807) is 24.3 Å². The Hall–Kier alpha value is -2.62. The number of thiazole rings is 1. The summed E-state index contributed by atoms with van der Waals surface area (Å²) in [4.78, 5) is 18.0. The Labute approximate surface area is 308 Å². The molecule has 8 rings (SSSR count). The number of nitrogens with zero attached hydrogens (tertiary/aromatic N) is 3. The van der Waals surface area contributed by atoms with E-state index in [9.17, 15) is 4.79 Å². The fraction of sp³-hybridized carbons (Fsp3) is 0.514. The summed E-state index contributed by atoms with van der Waals surface area (Å²) in [5, 5.41) is 5.83. The van der Waals surface area contributed by atoms with Crippen molar-refractivity contribution in [2.75, 3.05) is 26.3 Å². The molecule has 4 aromatic rings. The zero-order chi connectivity index (χ0) is 34.4. The largest absolute Gasteiger partial charge is 0.489 e. The summed E-state index contributed by atoms with van der Waals surface area (Å²) in [6.45, 7) is 6.75. The first kappa shape index (κ1) is 34.5. The van der Waals surface area contributed by atoms with E-state index in [1.165, 1.54) is 29.9 Å². The van der Waals surface area contributed by atoms with Gasteiger partial charge in [0, 0.05) is 47.8 Å². The first-order valence-corrected chi connectivity index (χ1v) is 19.4. The maximum atomic E-state index is 13.2. The molecule has 5 heterocycles. The van der Waals surface area contributed by atoms with Gasteiger partial charge in [-0.3, -0.25) is 9.52 Å². The third kappa shape index (κ3) is 7.20. The van der Waals surface area contributed by atoms with Crippen molar-refractivity contribution in [1.29, 1.82) is 0 Å². The zero-order valence-electron chi connectivity index (χ0n) is 27.7. The molecule has 0 unspecified atom stereocenters. The molecule has 1 N–H and O–H groups in total. The molecule has 2 aromatic carbocycles. The third-order valence-electron chi connectivity index (χ3n) is 9.27. The molecule has 4 aliphatic rings. The molecule has 3 aliphatic heterocycles. The second-order valence-corrected chi connectivity index (χ2v) is 16.0. The van der Waals surface area contributed by atoms with Crippen molar-refractivity contribution in [1.82, 2.24) is 19.2 Å². The lowest BCUT2D eigenvalue weighted by molar-refractivity contribution is -0.0428. The third-order valence-corrected chi connectivity index (χ3v) is 11.7. The van der Waals surface area contributed by atoms with Gasteiger partial charge in [-0.05, 0) is 63.8 Å². The second kappa shape index (κ2) is 14.8. The number of ether oxygens (including phenoxy) is 5. The Morgan fingerprint density at radius 1 is 1.08 bits per heavy atom. The molecule has 4 atom stereocenters. The summed E-state index contributed by atoms with van der Waals surface area (Å²) < 4.78 is 43.2. The van der Waals surface area contributed by atoms with E-state index in [-0.39, 0.29) is 43.0 Å². The molecule has 1 saturated carbocycles. The molecular formula is C35H38Cl2N4O7S2. The number of amides is 1. The number of aromatic nitrogens is 2. The number of fused-ring (bicyclic) bond motifs is 2. The number of nitrogens with one attached hydrogen (secondary N) is 1. The number of hydrogen-bond donors (Lipinski definition) is 1. The van der Waals surface area contributed by atoms with Crippen LogP contribution < -0.4 is 14.2 Å². The van der Waals surface area contributed by atoms with E-state index in [4.69, 9.17) is 56.4 Å². The molecule has 0 spiro atoms. The number of carbonyl (C=O) groups excluding carboxylic acids is 1. The van der Waals surface area contributed by atoms with E-state index >= 15 is 0 Å². The van der Waals surface area contributed by atoms with Crippen molar-refractivity contribution in [3.8, 4) is 22.2 Å². The van der Waals surface area contributed by atoms with Crippen molar-refractivity contribution in [3.05, 3.63) is 57.3 Å². The number of benzene rings is 2. The number of hydrogen-bond acceptors (Lipinski definition) is 12. The molecule has 266 valence electrons. The predicted molar refractivity (Wildman–Crippen MR) is 192 cm³/mol. The van der Waals surface area contributed by atoms with Gasteiger partial charge in [-0.1, -0.05) is 52.2 Å². The smallest absolute Gasteiger partial charge is 0.274 e. The van der Waals surface area contributed by atoms with Gasteiger partial charge in [0.15, 0.2) is 6.10 Å². The van der Waals surface area contributed by atoms with Gasteiger partial charge in [-0.15, -0.1) is 0 Å². The highest BCUT2D eigenvalue weighted by molar-refractivity contribution is 7.95. The maximum absolute atomic E-state index is 13.2. The molecule has 1 aliphatic carbocycles. The van der Waals surface area contributed by atoms with Gasteiger partial charge in [0.25, 0.3) is 11.1 Å². The number of piperidine rings is 1. The minimum absolute atomic E-state index is 0.103. The van der Waals surface area contributed by atoms with E-state index < -0.39 is 0 Å². The lowest BCUT2D eigenvalue weighted by atomic mass is 10.0. The molecule has 0 radical (unpaired) electrons. The van der Waals surface area contributed by atoms with Gasteiger partial charge in [-0.2, -0.15) is 4.98 Å². The van der Waals surface area contributed by atoms with Crippen LogP contribution in [0, 0.1) is 0 Å². The van der Waals surface area contributed by atoms with Crippen molar-refractivity contribution in [2.45, 2.75) is 89.0 Å². The van der Waals surface area contributed by atoms with Crippen LogP contribution in [0.3, 0.4) is 0 Å². The maximum Gasteiger partial charge on any atom is 0.274 e. The Morgan fingerprint density at radius 2 is 1.82 bits per heavy atom. The summed E-state index contributed by atoms with van der Waals surface area (Å²) in [6.07, 6.45) is 4.13. The fourth-order valence-corrected chi connectivity index (χ4v) is 8.94. The minimum Gasteiger partial charge on any atom is -0.489 e.